The van der Waals surface area contributed by atoms with Crippen molar-refractivity contribution in [3.8, 4) is 5.88 Å². The van der Waals surface area contributed by atoms with Gasteiger partial charge in [0.1, 0.15) is 5.69 Å². The minimum Gasteiger partial charge on any atom is -0.355 e. The van der Waals surface area contributed by atoms with Crippen molar-refractivity contribution in [2.24, 2.45) is 0 Å². The molecule has 0 bridgehead atoms. The van der Waals surface area contributed by atoms with Crippen LogP contribution in [0.25, 0.3) is 0 Å². The van der Waals surface area contributed by atoms with Gasteiger partial charge in [0.25, 0.3) is 6.43 Å². The summed E-state index contributed by atoms with van der Waals surface area (Å²) in [5, 5.41) is 0. The number of hydrogen-bond donors (Lipinski definition) is 0. The van der Waals surface area contributed by atoms with Gasteiger partial charge in [-0.2, -0.15) is 21.6 Å². The lowest BCUT2D eigenvalue weighted by Crippen LogP contribution is -2.28. The van der Waals surface area contributed by atoms with Crippen LogP contribution in [0.2, 0.25) is 0 Å². The molecule has 0 N–H and O–H groups in total. The highest BCUT2D eigenvalue weighted by atomic mass is 32.2. The van der Waals surface area contributed by atoms with Gasteiger partial charge in [0.2, 0.25) is 5.88 Å². The van der Waals surface area contributed by atoms with Crippen LogP contribution in [0.1, 0.15) is 12.1 Å². The fraction of sp³-hybridized carbons (Fsp3) is 0.286. The zero-order valence-electron chi connectivity index (χ0n) is 7.78. The summed E-state index contributed by atoms with van der Waals surface area (Å²) in [6, 6.07) is 2.43. The van der Waals surface area contributed by atoms with E-state index in [4.69, 9.17) is 0 Å². The van der Waals surface area contributed by atoms with Gasteiger partial charge in [-0.1, -0.05) is 6.07 Å². The number of alkyl halides is 5. The molecule has 10 heteroatoms. The molecule has 0 aliphatic carbocycles. The standard InChI is InChI=1S/C7H4F5NO3S/c8-6(9)4-2-1-3-5(13-4)16-17(14,15)7(10,11)12/h1-3,6H. The second-order valence-electron chi connectivity index (χ2n) is 2.68. The number of nitrogens with zero attached hydrogens (tertiary/aromatic N) is 1. The van der Waals surface area contributed by atoms with E-state index < -0.39 is 33.6 Å². The summed E-state index contributed by atoms with van der Waals surface area (Å²) in [6.45, 7) is 0. The number of halogens is 5. The average molecular weight is 277 g/mol. The Kier molecular flexibility index (Phi) is 3.55. The molecule has 0 atom stereocenters. The van der Waals surface area contributed by atoms with E-state index in [0.29, 0.717) is 0 Å². The maximum Gasteiger partial charge on any atom is 0.534 e. The first-order valence-electron chi connectivity index (χ1n) is 3.89. The fourth-order valence-electron chi connectivity index (χ4n) is 0.758. The highest BCUT2D eigenvalue weighted by Crippen LogP contribution is 2.27. The fourth-order valence-corrected chi connectivity index (χ4v) is 1.17. The van der Waals surface area contributed by atoms with Crippen molar-refractivity contribution in [2.75, 3.05) is 0 Å². The third kappa shape index (κ3) is 3.25. The van der Waals surface area contributed by atoms with Crippen LogP contribution in [-0.2, 0) is 10.1 Å². The van der Waals surface area contributed by atoms with E-state index in [1.807, 2.05) is 0 Å². The van der Waals surface area contributed by atoms with Crippen LogP contribution in [0.4, 0.5) is 22.0 Å². The smallest absolute Gasteiger partial charge is 0.355 e. The van der Waals surface area contributed by atoms with Gasteiger partial charge >= 0.3 is 15.6 Å². The molecule has 0 aliphatic heterocycles. The first kappa shape index (κ1) is 13.6. The molecule has 0 saturated carbocycles. The molecule has 0 radical (unpaired) electrons. The Balaban J connectivity index is 3.01. The normalized spacial score (nSPS) is 12.8. The molecule has 96 valence electrons. The molecule has 4 nitrogen and oxygen atoms in total. The largest absolute Gasteiger partial charge is 0.534 e. The zero-order chi connectivity index (χ0) is 13.3. The Morgan fingerprint density at radius 1 is 1.24 bits per heavy atom. The van der Waals surface area contributed by atoms with Gasteiger partial charge in [0, 0.05) is 6.07 Å². The summed E-state index contributed by atoms with van der Waals surface area (Å²) < 4.78 is 84.5. The molecule has 0 aliphatic rings. The molecule has 1 aromatic rings. The topological polar surface area (TPSA) is 56.3 Å². The molecule has 0 unspecified atom stereocenters. The number of aromatic nitrogens is 1. The summed E-state index contributed by atoms with van der Waals surface area (Å²) in [5.74, 6) is -1.07. The van der Waals surface area contributed by atoms with Crippen molar-refractivity contribution < 1.29 is 34.6 Å². The third-order valence-corrected chi connectivity index (χ3v) is 2.40. The molecule has 0 spiro atoms. The van der Waals surface area contributed by atoms with Crippen LogP contribution in [0, 0.1) is 0 Å². The third-order valence-electron chi connectivity index (χ3n) is 1.45. The highest BCUT2D eigenvalue weighted by molar-refractivity contribution is 7.87. The van der Waals surface area contributed by atoms with Gasteiger partial charge < -0.3 is 4.18 Å². The second kappa shape index (κ2) is 4.43. The minimum atomic E-state index is -5.90. The van der Waals surface area contributed by atoms with Gasteiger partial charge in [-0.15, -0.1) is 0 Å². The van der Waals surface area contributed by atoms with E-state index in [1.54, 1.807) is 0 Å². The van der Waals surface area contributed by atoms with Gasteiger partial charge in [0.15, 0.2) is 0 Å². The molecule has 0 aromatic carbocycles. The molecule has 0 amide bonds. The lowest BCUT2D eigenvalue weighted by molar-refractivity contribution is -0.0501. The molecular formula is C7H4F5NO3S. The highest BCUT2D eigenvalue weighted by Gasteiger charge is 2.48. The second-order valence-corrected chi connectivity index (χ2v) is 4.22. The van der Waals surface area contributed by atoms with Gasteiger partial charge in [-0.05, 0) is 6.07 Å². The van der Waals surface area contributed by atoms with Crippen molar-refractivity contribution in [1.29, 1.82) is 0 Å². The molecule has 1 heterocycles. The van der Waals surface area contributed by atoms with E-state index in [-0.39, 0.29) is 0 Å². The number of rotatable bonds is 3. The molecule has 17 heavy (non-hydrogen) atoms. The number of hydrogen-bond acceptors (Lipinski definition) is 4. The predicted molar refractivity (Wildman–Crippen MR) is 44.8 cm³/mol. The Morgan fingerprint density at radius 3 is 2.29 bits per heavy atom. The summed E-state index contributed by atoms with van der Waals surface area (Å²) in [4.78, 5) is 2.92. The maximum absolute atomic E-state index is 12.1. The van der Waals surface area contributed by atoms with E-state index in [0.717, 1.165) is 18.2 Å². The quantitative estimate of drug-likeness (QED) is 0.483. The van der Waals surface area contributed by atoms with E-state index in [1.165, 1.54) is 0 Å². The van der Waals surface area contributed by atoms with Crippen LogP contribution in [-0.4, -0.2) is 18.9 Å². The van der Waals surface area contributed by atoms with Crippen LogP contribution < -0.4 is 4.18 Å². The monoisotopic (exact) mass is 277 g/mol. The van der Waals surface area contributed by atoms with Crippen molar-refractivity contribution >= 4 is 10.1 Å². The van der Waals surface area contributed by atoms with Gasteiger partial charge in [-0.25, -0.2) is 13.8 Å². The van der Waals surface area contributed by atoms with Crippen molar-refractivity contribution in [3.63, 3.8) is 0 Å². The van der Waals surface area contributed by atoms with Crippen molar-refractivity contribution in [2.45, 2.75) is 11.9 Å². The summed E-state index contributed by atoms with van der Waals surface area (Å²) in [6.07, 6.45) is -3.05. The van der Waals surface area contributed by atoms with Crippen LogP contribution in [0.15, 0.2) is 18.2 Å². The summed E-state index contributed by atoms with van der Waals surface area (Å²) >= 11 is 0. The minimum absolute atomic E-state index is 0.717. The average Bonchev–Trinajstić information content (AvgIpc) is 2.15. The van der Waals surface area contributed by atoms with E-state index in [2.05, 4.69) is 9.17 Å². The molecule has 1 aromatic heterocycles. The lowest BCUT2D eigenvalue weighted by atomic mass is 10.4. The molecule has 0 fully saturated rings. The van der Waals surface area contributed by atoms with E-state index in [9.17, 15) is 30.4 Å². The van der Waals surface area contributed by atoms with Crippen molar-refractivity contribution in [1.82, 2.24) is 4.98 Å². The molecule has 1 rings (SSSR count). The SMILES string of the molecule is O=S(=O)(Oc1cccc(C(F)F)n1)C(F)(F)F. The van der Waals surface area contributed by atoms with Gasteiger partial charge in [-0.3, -0.25) is 0 Å². The Bertz CT molecular complexity index is 498. The molecular weight excluding hydrogens is 273 g/mol. The first-order valence-corrected chi connectivity index (χ1v) is 5.30. The summed E-state index contributed by atoms with van der Waals surface area (Å²) in [5.41, 5.74) is -6.53. The summed E-state index contributed by atoms with van der Waals surface area (Å²) in [7, 11) is -5.90. The Morgan fingerprint density at radius 2 is 1.82 bits per heavy atom. The predicted octanol–water partition coefficient (Wildman–Crippen LogP) is 2.25. The van der Waals surface area contributed by atoms with Crippen molar-refractivity contribution in [3.05, 3.63) is 23.9 Å². The number of pyridine rings is 1. The first-order chi connectivity index (χ1) is 7.63. The Hall–Kier alpha value is -1.45. The zero-order valence-corrected chi connectivity index (χ0v) is 8.60. The van der Waals surface area contributed by atoms with Gasteiger partial charge in [0.05, 0.1) is 0 Å². The van der Waals surface area contributed by atoms with Crippen LogP contribution in [0.3, 0.4) is 0 Å². The van der Waals surface area contributed by atoms with Crippen LogP contribution >= 0.6 is 0 Å². The molecule has 0 saturated heterocycles. The van der Waals surface area contributed by atoms with E-state index >= 15 is 0 Å². The van der Waals surface area contributed by atoms with Crippen LogP contribution in [0.5, 0.6) is 5.88 Å². The lowest BCUT2D eigenvalue weighted by Gasteiger charge is -2.09. The maximum atomic E-state index is 12.1. The Labute approximate surface area is 92.2 Å².